The lowest BCUT2D eigenvalue weighted by atomic mass is 10.2. The van der Waals surface area contributed by atoms with Gasteiger partial charge in [0.25, 0.3) is 0 Å². The molecule has 0 aliphatic rings. The lowest BCUT2D eigenvalue weighted by molar-refractivity contribution is 0.303. The Labute approximate surface area is 173 Å². The van der Waals surface area contributed by atoms with Gasteiger partial charge in [-0.15, -0.1) is 0 Å². The van der Waals surface area contributed by atoms with Crippen LogP contribution < -0.4 is 14.8 Å². The van der Waals surface area contributed by atoms with Crippen molar-refractivity contribution >= 4 is 40.5 Å². The summed E-state index contributed by atoms with van der Waals surface area (Å²) in [6, 6.07) is 18.6. The maximum absolute atomic E-state index is 6.22. The molecule has 3 aromatic carbocycles. The standard InChI is InChI=1S/C21H18Cl3NO2/c1-26-19-7-5-18(6-8-19)25-12-15-10-16(22)4-9-21(15)27-13-14-2-3-17(23)11-20(14)24/h2-11,25H,12-13H2,1H3. The molecule has 0 saturated heterocycles. The second-order valence-corrected chi connectivity index (χ2v) is 7.14. The van der Waals surface area contributed by atoms with E-state index in [1.807, 2.05) is 42.5 Å². The van der Waals surface area contributed by atoms with E-state index >= 15 is 0 Å². The predicted molar refractivity (Wildman–Crippen MR) is 113 cm³/mol. The summed E-state index contributed by atoms with van der Waals surface area (Å²) in [5.41, 5.74) is 2.79. The molecule has 0 aromatic heterocycles. The number of ether oxygens (including phenoxy) is 2. The first-order chi connectivity index (χ1) is 13.0. The van der Waals surface area contributed by atoms with Gasteiger partial charge in [0.15, 0.2) is 0 Å². The van der Waals surface area contributed by atoms with Crippen LogP contribution in [0.3, 0.4) is 0 Å². The van der Waals surface area contributed by atoms with Crippen LogP contribution in [-0.2, 0) is 13.2 Å². The van der Waals surface area contributed by atoms with Gasteiger partial charge in [-0.25, -0.2) is 0 Å². The summed E-state index contributed by atoms with van der Waals surface area (Å²) in [4.78, 5) is 0. The zero-order valence-electron chi connectivity index (χ0n) is 14.6. The molecular weight excluding hydrogens is 405 g/mol. The average Bonchev–Trinajstić information content (AvgIpc) is 2.67. The van der Waals surface area contributed by atoms with Crippen molar-refractivity contribution in [3.05, 3.63) is 86.9 Å². The van der Waals surface area contributed by atoms with E-state index in [1.165, 1.54) is 0 Å². The molecule has 0 aliphatic carbocycles. The molecule has 140 valence electrons. The minimum atomic E-state index is 0.340. The molecule has 0 bridgehead atoms. The first kappa shape index (κ1) is 19.7. The van der Waals surface area contributed by atoms with Gasteiger partial charge in [-0.3, -0.25) is 0 Å². The molecule has 27 heavy (non-hydrogen) atoms. The van der Waals surface area contributed by atoms with E-state index in [0.29, 0.717) is 28.2 Å². The third kappa shape index (κ3) is 5.46. The van der Waals surface area contributed by atoms with E-state index in [1.54, 1.807) is 25.3 Å². The summed E-state index contributed by atoms with van der Waals surface area (Å²) in [6.07, 6.45) is 0. The maximum atomic E-state index is 6.22. The normalized spacial score (nSPS) is 10.5. The van der Waals surface area contributed by atoms with Crippen LogP contribution in [0.4, 0.5) is 5.69 Å². The Morgan fingerprint density at radius 1 is 0.815 bits per heavy atom. The van der Waals surface area contributed by atoms with E-state index in [4.69, 9.17) is 44.3 Å². The Bertz CT molecular complexity index is 914. The van der Waals surface area contributed by atoms with Crippen LogP contribution >= 0.6 is 34.8 Å². The van der Waals surface area contributed by atoms with E-state index < -0.39 is 0 Å². The summed E-state index contributed by atoms with van der Waals surface area (Å²) in [6.45, 7) is 0.906. The van der Waals surface area contributed by atoms with Crippen molar-refractivity contribution in [2.75, 3.05) is 12.4 Å². The van der Waals surface area contributed by atoms with Gasteiger partial charge in [0, 0.05) is 38.4 Å². The van der Waals surface area contributed by atoms with Gasteiger partial charge in [0.1, 0.15) is 18.1 Å². The highest BCUT2D eigenvalue weighted by atomic mass is 35.5. The van der Waals surface area contributed by atoms with Crippen LogP contribution in [0.5, 0.6) is 11.5 Å². The van der Waals surface area contributed by atoms with Crippen LogP contribution in [0.2, 0.25) is 15.1 Å². The number of anilines is 1. The molecule has 0 fully saturated rings. The second kappa shape index (κ2) is 9.23. The third-order valence-electron chi connectivity index (χ3n) is 3.99. The number of nitrogens with one attached hydrogen (secondary N) is 1. The average molecular weight is 423 g/mol. The van der Waals surface area contributed by atoms with Crippen molar-refractivity contribution < 1.29 is 9.47 Å². The first-order valence-electron chi connectivity index (χ1n) is 8.28. The fraction of sp³-hybridized carbons (Fsp3) is 0.143. The van der Waals surface area contributed by atoms with Crippen molar-refractivity contribution in [2.24, 2.45) is 0 Å². The molecular formula is C21H18Cl3NO2. The van der Waals surface area contributed by atoms with E-state index in [2.05, 4.69) is 5.32 Å². The van der Waals surface area contributed by atoms with Gasteiger partial charge < -0.3 is 14.8 Å². The number of halogens is 3. The Morgan fingerprint density at radius 2 is 1.52 bits per heavy atom. The SMILES string of the molecule is COc1ccc(NCc2cc(Cl)ccc2OCc2ccc(Cl)cc2Cl)cc1. The number of benzene rings is 3. The van der Waals surface area contributed by atoms with Crippen LogP contribution in [0.25, 0.3) is 0 Å². The largest absolute Gasteiger partial charge is 0.497 e. The number of hydrogen-bond donors (Lipinski definition) is 1. The second-order valence-electron chi connectivity index (χ2n) is 5.86. The monoisotopic (exact) mass is 421 g/mol. The quantitative estimate of drug-likeness (QED) is 0.452. The molecule has 0 aliphatic heterocycles. The summed E-state index contributed by atoms with van der Waals surface area (Å²) >= 11 is 18.3. The van der Waals surface area contributed by atoms with Crippen LogP contribution in [0, 0.1) is 0 Å². The third-order valence-corrected chi connectivity index (χ3v) is 4.82. The molecule has 3 aromatic rings. The Morgan fingerprint density at radius 3 is 2.22 bits per heavy atom. The highest BCUT2D eigenvalue weighted by Gasteiger charge is 2.08. The van der Waals surface area contributed by atoms with E-state index in [-0.39, 0.29) is 0 Å². The van der Waals surface area contributed by atoms with Gasteiger partial charge in [0.05, 0.1) is 7.11 Å². The van der Waals surface area contributed by atoms with Gasteiger partial charge in [-0.1, -0.05) is 40.9 Å². The molecule has 0 spiro atoms. The lowest BCUT2D eigenvalue weighted by Crippen LogP contribution is -2.04. The maximum Gasteiger partial charge on any atom is 0.124 e. The Kier molecular flexibility index (Phi) is 6.73. The van der Waals surface area contributed by atoms with Crippen molar-refractivity contribution in [3.63, 3.8) is 0 Å². The van der Waals surface area contributed by atoms with Crippen LogP contribution in [0.1, 0.15) is 11.1 Å². The Hall–Kier alpha value is -2.07. The van der Waals surface area contributed by atoms with Crippen LogP contribution in [-0.4, -0.2) is 7.11 Å². The van der Waals surface area contributed by atoms with Crippen molar-refractivity contribution in [2.45, 2.75) is 13.2 Å². The molecule has 6 heteroatoms. The van der Waals surface area contributed by atoms with E-state index in [0.717, 1.165) is 28.3 Å². The highest BCUT2D eigenvalue weighted by Crippen LogP contribution is 2.27. The molecule has 1 N–H and O–H groups in total. The predicted octanol–water partition coefficient (Wildman–Crippen LogP) is 6.85. The van der Waals surface area contributed by atoms with Crippen molar-refractivity contribution in [1.29, 1.82) is 0 Å². The van der Waals surface area contributed by atoms with Crippen molar-refractivity contribution in [1.82, 2.24) is 0 Å². The fourth-order valence-corrected chi connectivity index (χ4v) is 3.19. The molecule has 3 nitrogen and oxygen atoms in total. The molecule has 0 radical (unpaired) electrons. The molecule has 0 saturated carbocycles. The number of rotatable bonds is 7. The Balaban J connectivity index is 1.70. The summed E-state index contributed by atoms with van der Waals surface area (Å²) in [5, 5.41) is 5.19. The molecule has 0 heterocycles. The zero-order chi connectivity index (χ0) is 19.2. The van der Waals surface area contributed by atoms with Gasteiger partial charge in [-0.2, -0.15) is 0 Å². The minimum absolute atomic E-state index is 0.340. The van der Waals surface area contributed by atoms with Crippen LogP contribution in [0.15, 0.2) is 60.7 Å². The van der Waals surface area contributed by atoms with Crippen molar-refractivity contribution in [3.8, 4) is 11.5 Å². The van der Waals surface area contributed by atoms with Gasteiger partial charge >= 0.3 is 0 Å². The lowest BCUT2D eigenvalue weighted by Gasteiger charge is -2.14. The minimum Gasteiger partial charge on any atom is -0.497 e. The van der Waals surface area contributed by atoms with E-state index in [9.17, 15) is 0 Å². The summed E-state index contributed by atoms with van der Waals surface area (Å²) in [7, 11) is 1.64. The zero-order valence-corrected chi connectivity index (χ0v) is 16.9. The summed E-state index contributed by atoms with van der Waals surface area (Å²) < 4.78 is 11.2. The number of hydrogen-bond acceptors (Lipinski definition) is 3. The fourth-order valence-electron chi connectivity index (χ4n) is 2.53. The molecule has 0 unspecified atom stereocenters. The molecule has 0 amide bonds. The smallest absolute Gasteiger partial charge is 0.124 e. The van der Waals surface area contributed by atoms with Gasteiger partial charge in [0.2, 0.25) is 0 Å². The summed E-state index contributed by atoms with van der Waals surface area (Å²) in [5.74, 6) is 1.55. The van der Waals surface area contributed by atoms with Gasteiger partial charge in [-0.05, 0) is 54.6 Å². The highest BCUT2D eigenvalue weighted by molar-refractivity contribution is 6.35. The number of methoxy groups -OCH3 is 1. The molecule has 3 rings (SSSR count). The molecule has 0 atom stereocenters. The topological polar surface area (TPSA) is 30.5 Å². The first-order valence-corrected chi connectivity index (χ1v) is 9.41.